The van der Waals surface area contributed by atoms with Crippen LogP contribution in [0.15, 0.2) is 77.1 Å². The fourth-order valence-corrected chi connectivity index (χ4v) is 4.97. The standard InChI is InChI=1S/C29H39FN4S/c1-6-7-8-10-27-25(21(4)33-35-29-12-9-11-28(31)32-29)15-16-26(34(27)5)23-17-22(14-13-20(2)3)18-24(30)19-23/h9,11-12,15-20,26,33H,4,6-8,10,13-14H2,1-3,5H3,(H2,31,32). The Morgan fingerprint density at radius 1 is 1.23 bits per heavy atom. The Morgan fingerprint density at radius 2 is 2.03 bits per heavy atom. The molecule has 1 aromatic heterocycles. The lowest BCUT2D eigenvalue weighted by molar-refractivity contribution is 0.334. The first-order valence-electron chi connectivity index (χ1n) is 12.6. The molecule has 1 unspecified atom stereocenters. The summed E-state index contributed by atoms with van der Waals surface area (Å²) in [6, 6.07) is 11.1. The lowest BCUT2D eigenvalue weighted by Crippen LogP contribution is -2.28. The lowest BCUT2D eigenvalue weighted by Gasteiger charge is -2.36. The Morgan fingerprint density at radius 3 is 2.74 bits per heavy atom. The molecule has 0 amide bonds. The van der Waals surface area contributed by atoms with Crippen molar-refractivity contribution in [3.8, 4) is 0 Å². The van der Waals surface area contributed by atoms with E-state index in [2.05, 4.69) is 67.2 Å². The van der Waals surface area contributed by atoms with Gasteiger partial charge in [0.2, 0.25) is 0 Å². The van der Waals surface area contributed by atoms with E-state index in [-0.39, 0.29) is 11.9 Å². The first kappa shape index (κ1) is 26.9. The Bertz CT molecular complexity index is 1080. The predicted octanol–water partition coefficient (Wildman–Crippen LogP) is 7.58. The van der Waals surface area contributed by atoms with Gasteiger partial charge in [0.05, 0.1) is 6.04 Å². The topological polar surface area (TPSA) is 54.2 Å². The second-order valence-corrected chi connectivity index (χ2v) is 10.5. The fraction of sp³-hybridized carbons (Fsp3) is 0.414. The highest BCUT2D eigenvalue weighted by Crippen LogP contribution is 2.36. The Balaban J connectivity index is 1.83. The molecule has 4 nitrogen and oxygen atoms in total. The van der Waals surface area contributed by atoms with Crippen molar-refractivity contribution in [3.63, 3.8) is 0 Å². The van der Waals surface area contributed by atoms with E-state index in [9.17, 15) is 4.39 Å². The molecule has 1 atom stereocenters. The van der Waals surface area contributed by atoms with Gasteiger partial charge < -0.3 is 15.4 Å². The van der Waals surface area contributed by atoms with Gasteiger partial charge >= 0.3 is 0 Å². The summed E-state index contributed by atoms with van der Waals surface area (Å²) in [6.07, 6.45) is 10.6. The number of nitrogens with two attached hydrogens (primary N) is 1. The summed E-state index contributed by atoms with van der Waals surface area (Å²) in [6.45, 7) is 10.9. The number of pyridine rings is 1. The number of aromatic nitrogens is 1. The van der Waals surface area contributed by atoms with Gasteiger partial charge in [-0.2, -0.15) is 0 Å². The van der Waals surface area contributed by atoms with E-state index < -0.39 is 0 Å². The van der Waals surface area contributed by atoms with Crippen LogP contribution in [-0.4, -0.2) is 16.9 Å². The normalized spacial score (nSPS) is 15.7. The Kier molecular flexibility index (Phi) is 9.84. The minimum absolute atomic E-state index is 0.0140. The molecule has 0 aliphatic carbocycles. The Hall–Kier alpha value is -2.73. The first-order valence-corrected chi connectivity index (χ1v) is 13.4. The van der Waals surface area contributed by atoms with Gasteiger partial charge in [-0.3, -0.25) is 0 Å². The summed E-state index contributed by atoms with van der Waals surface area (Å²) in [5.41, 5.74) is 11.0. The summed E-state index contributed by atoms with van der Waals surface area (Å²) in [4.78, 5) is 6.62. The van der Waals surface area contributed by atoms with Gasteiger partial charge in [-0.1, -0.05) is 64.5 Å². The van der Waals surface area contributed by atoms with Crippen molar-refractivity contribution in [2.24, 2.45) is 5.92 Å². The number of halogens is 1. The maximum atomic E-state index is 14.6. The smallest absolute Gasteiger partial charge is 0.124 e. The number of allylic oxidation sites excluding steroid dienone is 2. The third-order valence-corrected chi connectivity index (χ3v) is 7.08. The molecule has 188 valence electrons. The highest BCUT2D eigenvalue weighted by atomic mass is 32.2. The van der Waals surface area contributed by atoms with Crippen LogP contribution in [-0.2, 0) is 6.42 Å². The van der Waals surface area contributed by atoms with Crippen LogP contribution in [0.2, 0.25) is 0 Å². The SMILES string of the molecule is C=C(NSc1cccc(N)n1)C1=C(CCCCC)N(C)C(c2cc(F)cc(CCC(C)C)c2)C=C1. The zero-order valence-electron chi connectivity index (χ0n) is 21.5. The van der Waals surface area contributed by atoms with E-state index in [1.807, 2.05) is 12.1 Å². The van der Waals surface area contributed by atoms with Crippen molar-refractivity contribution in [1.82, 2.24) is 14.6 Å². The Labute approximate surface area is 214 Å². The van der Waals surface area contributed by atoms with E-state index in [4.69, 9.17) is 5.73 Å². The van der Waals surface area contributed by atoms with Crippen LogP contribution in [0.1, 0.15) is 70.0 Å². The number of nitrogens with zero attached hydrogens (tertiary/aromatic N) is 2. The summed E-state index contributed by atoms with van der Waals surface area (Å²) >= 11 is 1.40. The molecule has 0 bridgehead atoms. The van der Waals surface area contributed by atoms with Gasteiger partial charge in [0.25, 0.3) is 0 Å². The molecular formula is C29H39FN4S. The molecule has 0 radical (unpaired) electrons. The number of unbranched alkanes of at least 4 members (excludes halogenated alkanes) is 2. The van der Waals surface area contributed by atoms with Gasteiger partial charge in [-0.25, -0.2) is 9.37 Å². The minimum Gasteiger partial charge on any atom is -0.384 e. The van der Waals surface area contributed by atoms with Crippen LogP contribution < -0.4 is 10.5 Å². The third kappa shape index (κ3) is 7.63. The van der Waals surface area contributed by atoms with Gasteiger partial charge in [-0.15, -0.1) is 0 Å². The van der Waals surface area contributed by atoms with Crippen LogP contribution in [0.4, 0.5) is 10.2 Å². The molecule has 1 aliphatic rings. The fourth-order valence-electron chi connectivity index (χ4n) is 4.34. The predicted molar refractivity (Wildman–Crippen MR) is 147 cm³/mol. The quantitative estimate of drug-likeness (QED) is 0.235. The van der Waals surface area contributed by atoms with Crippen LogP contribution in [0.3, 0.4) is 0 Å². The molecule has 2 heterocycles. The molecule has 0 spiro atoms. The van der Waals surface area contributed by atoms with E-state index in [1.54, 1.807) is 18.2 Å². The second-order valence-electron chi connectivity index (χ2n) is 9.64. The summed E-state index contributed by atoms with van der Waals surface area (Å²) < 4.78 is 17.9. The number of anilines is 1. The molecule has 1 aliphatic heterocycles. The van der Waals surface area contributed by atoms with Gasteiger partial charge in [0.15, 0.2) is 0 Å². The van der Waals surface area contributed by atoms with Gasteiger partial charge in [0, 0.05) is 36.0 Å². The number of nitrogens with one attached hydrogen (secondary N) is 1. The van der Waals surface area contributed by atoms with Crippen molar-refractivity contribution in [1.29, 1.82) is 0 Å². The van der Waals surface area contributed by atoms with Crippen molar-refractivity contribution < 1.29 is 4.39 Å². The van der Waals surface area contributed by atoms with Crippen LogP contribution >= 0.6 is 11.9 Å². The summed E-state index contributed by atoms with van der Waals surface area (Å²) in [5.74, 6) is 0.917. The van der Waals surface area contributed by atoms with E-state index in [0.29, 0.717) is 11.7 Å². The maximum Gasteiger partial charge on any atom is 0.124 e. The number of hydrogen-bond acceptors (Lipinski definition) is 5. The molecule has 3 rings (SSSR count). The van der Waals surface area contributed by atoms with Crippen LogP contribution in [0, 0.1) is 11.7 Å². The van der Waals surface area contributed by atoms with E-state index in [0.717, 1.165) is 59.5 Å². The van der Waals surface area contributed by atoms with Crippen molar-refractivity contribution >= 4 is 17.8 Å². The highest BCUT2D eigenvalue weighted by molar-refractivity contribution is 7.97. The number of rotatable bonds is 12. The minimum atomic E-state index is -0.164. The molecule has 2 aromatic rings. The monoisotopic (exact) mass is 494 g/mol. The molecule has 3 N–H and O–H groups in total. The molecule has 0 saturated heterocycles. The zero-order chi connectivity index (χ0) is 25.4. The average molecular weight is 495 g/mol. The number of hydrogen-bond donors (Lipinski definition) is 2. The third-order valence-electron chi connectivity index (χ3n) is 6.30. The molecule has 0 saturated carbocycles. The highest BCUT2D eigenvalue weighted by Gasteiger charge is 2.25. The molecule has 35 heavy (non-hydrogen) atoms. The average Bonchev–Trinajstić information content (AvgIpc) is 2.82. The van der Waals surface area contributed by atoms with Crippen molar-refractivity contribution in [2.75, 3.05) is 12.8 Å². The molecular weight excluding hydrogens is 455 g/mol. The number of likely N-dealkylation sites (N-methyl/N-ethyl adjacent to an activating group) is 1. The molecule has 0 fully saturated rings. The van der Waals surface area contributed by atoms with E-state index in [1.165, 1.54) is 24.1 Å². The lowest BCUT2D eigenvalue weighted by atomic mass is 9.92. The molecule has 6 heteroatoms. The van der Waals surface area contributed by atoms with Gasteiger partial charge in [-0.05, 0) is 67.0 Å². The molecule has 1 aromatic carbocycles. The second kappa shape index (κ2) is 12.8. The van der Waals surface area contributed by atoms with Crippen LogP contribution in [0.5, 0.6) is 0 Å². The maximum absolute atomic E-state index is 14.6. The van der Waals surface area contributed by atoms with Crippen LogP contribution in [0.25, 0.3) is 0 Å². The number of benzene rings is 1. The number of aryl methyl sites for hydroxylation is 1. The zero-order valence-corrected chi connectivity index (χ0v) is 22.3. The van der Waals surface area contributed by atoms with Crippen molar-refractivity contribution in [2.45, 2.75) is 70.4 Å². The van der Waals surface area contributed by atoms with E-state index >= 15 is 0 Å². The summed E-state index contributed by atoms with van der Waals surface area (Å²) in [7, 11) is 2.11. The summed E-state index contributed by atoms with van der Waals surface area (Å²) in [5, 5.41) is 0.791. The van der Waals surface area contributed by atoms with Gasteiger partial charge in [0.1, 0.15) is 16.7 Å². The largest absolute Gasteiger partial charge is 0.384 e. The first-order chi connectivity index (χ1) is 16.8. The van der Waals surface area contributed by atoms with Crippen molar-refractivity contribution in [3.05, 3.63) is 89.0 Å². The number of nitrogen functional groups attached to an aromatic ring is 1.